The van der Waals surface area contributed by atoms with Gasteiger partial charge in [0.2, 0.25) is 0 Å². The van der Waals surface area contributed by atoms with E-state index in [1.807, 2.05) is 21.1 Å². The SMILES string of the molecule is CC/C=C\C/C=C\C/C=C\C/C=C\C/C=C\CCCCCCCCCCCCCCCCCC(=O)OC(COC(=O)CCCCCCCCCCCCCCCCCCCCCC/C=C\C/C=C\C/C=C\C/C=C\CC)COP(=O)(O)OCC[N+](C)(C)C. The van der Waals surface area contributed by atoms with Crippen LogP contribution in [0.25, 0.3) is 0 Å². The van der Waals surface area contributed by atoms with Crippen molar-refractivity contribution < 1.29 is 42.1 Å². The number of carbonyl (C=O) groups is 2. The Balaban J connectivity index is 4.00. The predicted octanol–water partition coefficient (Wildman–Crippen LogP) is 24.1. The van der Waals surface area contributed by atoms with Crippen molar-refractivity contribution in [1.82, 2.24) is 0 Å². The number of esters is 2. The maximum absolute atomic E-state index is 12.9. The van der Waals surface area contributed by atoms with E-state index in [0.717, 1.165) is 96.3 Å². The third kappa shape index (κ3) is 71.7. The molecule has 0 aromatic carbocycles. The lowest BCUT2D eigenvalue weighted by Crippen LogP contribution is -2.37. The fraction of sp³-hybridized carbons (Fsp3) is 0.744. The molecule has 88 heavy (non-hydrogen) atoms. The number of nitrogens with zero attached hydrogens (tertiary/aromatic N) is 1. The molecule has 0 rings (SSSR count). The van der Waals surface area contributed by atoms with Gasteiger partial charge in [-0.2, -0.15) is 0 Å². The van der Waals surface area contributed by atoms with Crippen LogP contribution in [0.2, 0.25) is 0 Å². The van der Waals surface area contributed by atoms with Gasteiger partial charge >= 0.3 is 19.8 Å². The minimum Gasteiger partial charge on any atom is -0.462 e. The van der Waals surface area contributed by atoms with Crippen molar-refractivity contribution in [3.05, 3.63) is 109 Å². The molecule has 0 aromatic rings. The van der Waals surface area contributed by atoms with Gasteiger partial charge in [-0.15, -0.1) is 0 Å². The van der Waals surface area contributed by atoms with E-state index in [1.54, 1.807) is 0 Å². The third-order valence-electron chi connectivity index (χ3n) is 15.8. The second kappa shape index (κ2) is 68.0. The maximum atomic E-state index is 12.9. The van der Waals surface area contributed by atoms with E-state index >= 15 is 0 Å². The van der Waals surface area contributed by atoms with Gasteiger partial charge in [-0.05, 0) is 96.3 Å². The Morgan fingerprint density at radius 3 is 0.909 bits per heavy atom. The first-order chi connectivity index (χ1) is 43.0. The zero-order valence-electron chi connectivity index (χ0n) is 57.9. The van der Waals surface area contributed by atoms with Crippen molar-refractivity contribution in [3.63, 3.8) is 0 Å². The highest BCUT2D eigenvalue weighted by Gasteiger charge is 2.27. The Kier molecular flexibility index (Phi) is 65.5. The molecule has 0 aromatic heterocycles. The van der Waals surface area contributed by atoms with Crippen molar-refractivity contribution in [2.45, 2.75) is 328 Å². The van der Waals surface area contributed by atoms with E-state index in [0.29, 0.717) is 17.4 Å². The van der Waals surface area contributed by atoms with Crippen LogP contribution in [0.4, 0.5) is 0 Å². The summed E-state index contributed by atoms with van der Waals surface area (Å²) in [7, 11) is 1.48. The van der Waals surface area contributed by atoms with Crippen molar-refractivity contribution in [3.8, 4) is 0 Å². The molecule has 10 heteroatoms. The lowest BCUT2D eigenvalue weighted by molar-refractivity contribution is -0.870. The smallest absolute Gasteiger partial charge is 0.462 e. The van der Waals surface area contributed by atoms with Crippen LogP contribution >= 0.6 is 7.82 Å². The van der Waals surface area contributed by atoms with Gasteiger partial charge in [0.1, 0.15) is 19.8 Å². The lowest BCUT2D eigenvalue weighted by Gasteiger charge is -2.24. The second-order valence-electron chi connectivity index (χ2n) is 25.6. The molecule has 0 heterocycles. The number of quaternary nitrogens is 1. The molecule has 0 aliphatic carbocycles. The average molecular weight is 1250 g/mol. The molecule has 1 N–H and O–H groups in total. The Bertz CT molecular complexity index is 1850. The van der Waals surface area contributed by atoms with Crippen molar-refractivity contribution >= 4 is 19.8 Å². The Morgan fingerprint density at radius 2 is 0.614 bits per heavy atom. The normalized spacial score (nSPS) is 13.8. The summed E-state index contributed by atoms with van der Waals surface area (Å²) in [6, 6.07) is 0. The van der Waals surface area contributed by atoms with Crippen molar-refractivity contribution in [2.75, 3.05) is 47.5 Å². The summed E-state index contributed by atoms with van der Waals surface area (Å²) in [5.74, 6) is -0.787. The Labute approximate surface area is 544 Å². The van der Waals surface area contributed by atoms with Gasteiger partial charge in [0.25, 0.3) is 0 Å². The van der Waals surface area contributed by atoms with E-state index in [1.165, 1.54) is 193 Å². The highest BCUT2D eigenvalue weighted by Crippen LogP contribution is 2.43. The van der Waals surface area contributed by atoms with Crippen LogP contribution in [-0.4, -0.2) is 74.9 Å². The molecule has 2 unspecified atom stereocenters. The first kappa shape index (κ1) is 84.7. The van der Waals surface area contributed by atoms with Crippen LogP contribution in [0.15, 0.2) is 109 Å². The topological polar surface area (TPSA) is 108 Å². The maximum Gasteiger partial charge on any atom is 0.472 e. The number of phosphoric ester groups is 1. The molecule has 0 bridgehead atoms. The summed E-state index contributed by atoms with van der Waals surface area (Å²) in [5, 5.41) is 0. The van der Waals surface area contributed by atoms with E-state index in [2.05, 4.69) is 123 Å². The molecule has 0 radical (unpaired) electrons. The van der Waals surface area contributed by atoms with E-state index in [-0.39, 0.29) is 32.0 Å². The predicted molar refractivity (Wildman–Crippen MR) is 381 cm³/mol. The van der Waals surface area contributed by atoms with Crippen molar-refractivity contribution in [1.29, 1.82) is 0 Å². The Hall–Kier alpha value is -3.33. The number of hydrogen-bond donors (Lipinski definition) is 1. The molecule has 0 saturated heterocycles. The van der Waals surface area contributed by atoms with E-state index < -0.39 is 26.5 Å². The molecule has 0 amide bonds. The van der Waals surface area contributed by atoms with E-state index in [9.17, 15) is 19.0 Å². The largest absolute Gasteiger partial charge is 0.472 e. The van der Waals surface area contributed by atoms with E-state index in [4.69, 9.17) is 18.5 Å². The van der Waals surface area contributed by atoms with Gasteiger partial charge in [-0.25, -0.2) is 4.57 Å². The van der Waals surface area contributed by atoms with Gasteiger partial charge in [-0.3, -0.25) is 18.6 Å². The first-order valence-corrected chi connectivity index (χ1v) is 38.1. The zero-order valence-corrected chi connectivity index (χ0v) is 58.8. The van der Waals surface area contributed by atoms with Gasteiger partial charge in [0.05, 0.1) is 27.7 Å². The van der Waals surface area contributed by atoms with Crippen LogP contribution in [0.5, 0.6) is 0 Å². The highest BCUT2D eigenvalue weighted by atomic mass is 31.2. The molecule has 508 valence electrons. The number of phosphoric acid groups is 1. The molecule has 0 spiro atoms. The summed E-state index contributed by atoms with van der Waals surface area (Å²) in [6.45, 7) is 4.24. The third-order valence-corrected chi connectivity index (χ3v) is 16.8. The van der Waals surface area contributed by atoms with Gasteiger partial charge in [-0.1, -0.05) is 322 Å². The van der Waals surface area contributed by atoms with Crippen LogP contribution in [-0.2, 0) is 32.7 Å². The summed E-state index contributed by atoms with van der Waals surface area (Å²) in [4.78, 5) is 35.9. The number of allylic oxidation sites excluding steroid dienone is 18. The van der Waals surface area contributed by atoms with Gasteiger partial charge in [0, 0.05) is 12.8 Å². The van der Waals surface area contributed by atoms with Crippen molar-refractivity contribution in [2.24, 2.45) is 0 Å². The van der Waals surface area contributed by atoms with Crippen LogP contribution in [0, 0.1) is 0 Å². The summed E-state index contributed by atoms with van der Waals surface area (Å²) >= 11 is 0. The number of ether oxygens (including phenoxy) is 2. The number of rotatable bonds is 67. The number of unbranched alkanes of at least 4 members (excludes halogenated alkanes) is 35. The molecule has 0 aliphatic heterocycles. The molecule has 9 nitrogen and oxygen atoms in total. The van der Waals surface area contributed by atoms with Crippen LogP contribution in [0.3, 0.4) is 0 Å². The number of hydrogen-bond acceptors (Lipinski definition) is 7. The molecular formula is C78H139NO8P+. The standard InChI is InChI=1S/C78H138NO8P/c1-6-8-10-12-14-16-18-20-22-24-26-28-30-32-34-36-38-39-41-42-44-46-48-50-52-54-56-58-60-62-64-66-68-70-77(80)84-74-76(75-86-88(82,83)85-73-72-79(3,4)5)87-78(81)71-69-67-65-63-61-59-57-55-53-51-49-47-45-43-40-37-35-33-31-29-27-25-23-21-19-17-15-13-11-9-7-2/h8-11,14-17,20-23,26-29,33,35,76H,6-7,12-13,18-19,24-25,30-32,34,36-75H2,1-5H3/p+1/b10-8-,11-9-,16-14-,17-15-,22-20-,23-21-,28-26-,29-27-,35-33-. The summed E-state index contributed by atoms with van der Waals surface area (Å²) < 4.78 is 34.8. The first-order valence-electron chi connectivity index (χ1n) is 36.6. The van der Waals surface area contributed by atoms with Gasteiger partial charge < -0.3 is 18.9 Å². The zero-order chi connectivity index (χ0) is 64.1. The fourth-order valence-corrected chi connectivity index (χ4v) is 11.0. The summed E-state index contributed by atoms with van der Waals surface area (Å²) in [6.07, 6.45) is 96.3. The quantitative estimate of drug-likeness (QED) is 0.0211. The minimum atomic E-state index is -4.40. The molecule has 0 fully saturated rings. The Morgan fingerprint density at radius 1 is 0.352 bits per heavy atom. The minimum absolute atomic E-state index is 0.0299. The number of likely N-dealkylation sites (N-methyl/N-ethyl adjacent to an activating group) is 1. The van der Waals surface area contributed by atoms with Gasteiger partial charge in [0.15, 0.2) is 6.10 Å². The lowest BCUT2D eigenvalue weighted by atomic mass is 10.0. The van der Waals surface area contributed by atoms with Crippen LogP contribution < -0.4 is 0 Å². The average Bonchev–Trinajstić information content (AvgIpc) is 3.68. The fourth-order valence-electron chi connectivity index (χ4n) is 10.3. The van der Waals surface area contributed by atoms with Crippen LogP contribution in [0.1, 0.15) is 322 Å². The highest BCUT2D eigenvalue weighted by molar-refractivity contribution is 7.47. The molecule has 2 atom stereocenters. The summed E-state index contributed by atoms with van der Waals surface area (Å²) in [5.41, 5.74) is 0. The molecule has 0 saturated carbocycles. The molecule has 0 aliphatic rings. The molecular weight excluding hydrogens is 1110 g/mol. The second-order valence-corrected chi connectivity index (χ2v) is 27.0. The monoisotopic (exact) mass is 1250 g/mol. The number of carbonyl (C=O) groups excluding carboxylic acids is 2.